The van der Waals surface area contributed by atoms with Crippen molar-refractivity contribution in [3.05, 3.63) is 54.0 Å². The fourth-order valence-electron chi connectivity index (χ4n) is 2.84. The standard InChI is InChI=1S/C18H23FN4O2S/c1-22-9-11-23(12-10-22)26(24,25)17-5-6-18(21-14-17)20-8-7-15-3-2-4-16(19)13-15/h2-6,13-14H,7-12H2,1H3,(H,20,21). The van der Waals surface area contributed by atoms with E-state index in [4.69, 9.17) is 0 Å². The van der Waals surface area contributed by atoms with Crippen molar-refractivity contribution >= 4 is 15.8 Å². The molecular weight excluding hydrogens is 355 g/mol. The number of rotatable bonds is 6. The molecule has 2 aromatic rings. The SMILES string of the molecule is CN1CCN(S(=O)(=O)c2ccc(NCCc3cccc(F)c3)nc2)CC1. The van der Waals surface area contributed by atoms with Crippen molar-refractivity contribution in [3.63, 3.8) is 0 Å². The summed E-state index contributed by atoms with van der Waals surface area (Å²) in [4.78, 5) is 6.52. The van der Waals surface area contributed by atoms with Crippen LogP contribution in [0.3, 0.4) is 0 Å². The van der Waals surface area contributed by atoms with Crippen LogP contribution in [0, 0.1) is 5.82 Å². The average molecular weight is 378 g/mol. The summed E-state index contributed by atoms with van der Waals surface area (Å²) in [5.74, 6) is 0.345. The van der Waals surface area contributed by atoms with Gasteiger partial charge in [-0.25, -0.2) is 17.8 Å². The van der Waals surface area contributed by atoms with Gasteiger partial charge in [0.2, 0.25) is 10.0 Å². The van der Waals surface area contributed by atoms with E-state index in [1.54, 1.807) is 18.2 Å². The van der Waals surface area contributed by atoms with Crippen LogP contribution >= 0.6 is 0 Å². The monoisotopic (exact) mass is 378 g/mol. The van der Waals surface area contributed by atoms with Gasteiger partial charge in [-0.1, -0.05) is 12.1 Å². The Morgan fingerprint density at radius 3 is 2.58 bits per heavy atom. The third-order valence-electron chi connectivity index (χ3n) is 4.45. The first-order valence-corrected chi connectivity index (χ1v) is 10.0. The number of nitrogens with zero attached hydrogens (tertiary/aromatic N) is 3. The lowest BCUT2D eigenvalue weighted by atomic mass is 10.1. The minimum absolute atomic E-state index is 0.206. The zero-order valence-electron chi connectivity index (χ0n) is 14.7. The lowest BCUT2D eigenvalue weighted by Crippen LogP contribution is -2.47. The van der Waals surface area contributed by atoms with Crippen LogP contribution in [0.2, 0.25) is 0 Å². The van der Waals surface area contributed by atoms with Gasteiger partial charge in [0.05, 0.1) is 0 Å². The Morgan fingerprint density at radius 2 is 1.92 bits per heavy atom. The number of halogens is 1. The molecule has 1 aromatic heterocycles. The maximum absolute atomic E-state index is 13.2. The summed E-state index contributed by atoms with van der Waals surface area (Å²) in [6.07, 6.45) is 2.04. The summed E-state index contributed by atoms with van der Waals surface area (Å²) in [6, 6.07) is 9.70. The number of hydrogen-bond acceptors (Lipinski definition) is 5. The molecule has 3 rings (SSSR count). The van der Waals surface area contributed by atoms with E-state index in [0.717, 1.165) is 18.7 Å². The van der Waals surface area contributed by atoms with Crippen molar-refractivity contribution in [2.45, 2.75) is 11.3 Å². The van der Waals surface area contributed by atoms with E-state index >= 15 is 0 Å². The summed E-state index contributed by atoms with van der Waals surface area (Å²) in [6.45, 7) is 3.03. The second kappa shape index (κ2) is 8.11. The van der Waals surface area contributed by atoms with E-state index < -0.39 is 10.0 Å². The average Bonchev–Trinajstić information content (AvgIpc) is 2.63. The molecule has 8 heteroatoms. The number of hydrogen-bond donors (Lipinski definition) is 1. The van der Waals surface area contributed by atoms with Crippen molar-refractivity contribution in [1.82, 2.24) is 14.2 Å². The van der Waals surface area contributed by atoms with Crippen molar-refractivity contribution in [3.8, 4) is 0 Å². The lowest BCUT2D eigenvalue weighted by molar-refractivity contribution is 0.222. The topological polar surface area (TPSA) is 65.5 Å². The molecule has 1 N–H and O–H groups in total. The molecule has 0 radical (unpaired) electrons. The van der Waals surface area contributed by atoms with Gasteiger partial charge < -0.3 is 10.2 Å². The zero-order valence-corrected chi connectivity index (χ0v) is 15.5. The summed E-state index contributed by atoms with van der Waals surface area (Å²) in [5, 5.41) is 3.13. The maximum Gasteiger partial charge on any atom is 0.244 e. The molecule has 1 fully saturated rings. The molecule has 1 saturated heterocycles. The van der Waals surface area contributed by atoms with Crippen molar-refractivity contribution in [2.75, 3.05) is 45.1 Å². The summed E-state index contributed by atoms with van der Waals surface area (Å²) >= 11 is 0. The van der Waals surface area contributed by atoms with Crippen LogP contribution in [0.25, 0.3) is 0 Å². The third-order valence-corrected chi connectivity index (χ3v) is 6.33. The molecule has 0 spiro atoms. The van der Waals surface area contributed by atoms with E-state index in [0.29, 0.717) is 31.9 Å². The van der Waals surface area contributed by atoms with E-state index in [1.165, 1.54) is 22.6 Å². The Balaban J connectivity index is 1.57. The van der Waals surface area contributed by atoms with Gasteiger partial charge in [-0.3, -0.25) is 0 Å². The van der Waals surface area contributed by atoms with Gasteiger partial charge in [0.25, 0.3) is 0 Å². The van der Waals surface area contributed by atoms with E-state index in [1.807, 2.05) is 13.1 Å². The maximum atomic E-state index is 13.2. The second-order valence-electron chi connectivity index (χ2n) is 6.39. The van der Waals surface area contributed by atoms with E-state index in [-0.39, 0.29) is 10.7 Å². The molecule has 1 aliphatic heterocycles. The van der Waals surface area contributed by atoms with Crippen LogP contribution in [0.15, 0.2) is 47.5 Å². The lowest BCUT2D eigenvalue weighted by Gasteiger charge is -2.31. The molecule has 0 aliphatic carbocycles. The largest absolute Gasteiger partial charge is 0.370 e. The van der Waals surface area contributed by atoms with Gasteiger partial charge in [-0.05, 0) is 43.3 Å². The summed E-state index contributed by atoms with van der Waals surface area (Å²) in [5.41, 5.74) is 0.895. The highest BCUT2D eigenvalue weighted by Crippen LogP contribution is 2.18. The van der Waals surface area contributed by atoms with Crippen molar-refractivity contribution in [1.29, 1.82) is 0 Å². The number of likely N-dealkylation sites (N-methyl/N-ethyl adjacent to an activating group) is 1. The molecular formula is C18H23FN4O2S. The van der Waals surface area contributed by atoms with Crippen LogP contribution in [0.4, 0.5) is 10.2 Å². The second-order valence-corrected chi connectivity index (χ2v) is 8.33. The Hall–Kier alpha value is -2.03. The highest BCUT2D eigenvalue weighted by Gasteiger charge is 2.27. The number of piperazine rings is 1. The third kappa shape index (κ3) is 4.57. The summed E-state index contributed by atoms with van der Waals surface area (Å²) < 4.78 is 39.9. The first-order chi connectivity index (χ1) is 12.4. The molecule has 0 bridgehead atoms. The molecule has 2 heterocycles. The molecule has 26 heavy (non-hydrogen) atoms. The molecule has 0 unspecified atom stereocenters. The molecule has 6 nitrogen and oxygen atoms in total. The highest BCUT2D eigenvalue weighted by molar-refractivity contribution is 7.89. The number of sulfonamides is 1. The van der Waals surface area contributed by atoms with Gasteiger partial charge in [0, 0.05) is 38.9 Å². The number of aromatic nitrogens is 1. The molecule has 0 atom stereocenters. The Labute approximate surface area is 153 Å². The van der Waals surface area contributed by atoms with Crippen LogP contribution in [-0.4, -0.2) is 62.4 Å². The Kier molecular flexibility index (Phi) is 5.85. The minimum atomic E-state index is -3.50. The van der Waals surface area contributed by atoms with Crippen LogP contribution < -0.4 is 5.32 Å². The van der Waals surface area contributed by atoms with Crippen LogP contribution in [-0.2, 0) is 16.4 Å². The fourth-order valence-corrected chi connectivity index (χ4v) is 4.21. The Bertz CT molecular complexity index is 835. The minimum Gasteiger partial charge on any atom is -0.370 e. The van der Waals surface area contributed by atoms with Gasteiger partial charge in [0.1, 0.15) is 16.5 Å². The number of benzene rings is 1. The number of nitrogens with one attached hydrogen (secondary N) is 1. The predicted molar refractivity (Wildman–Crippen MR) is 99.1 cm³/mol. The first-order valence-electron chi connectivity index (χ1n) is 8.58. The van der Waals surface area contributed by atoms with E-state index in [9.17, 15) is 12.8 Å². The van der Waals surface area contributed by atoms with Gasteiger partial charge in [0.15, 0.2) is 0 Å². The molecule has 140 valence electrons. The number of pyridine rings is 1. The Morgan fingerprint density at radius 1 is 1.15 bits per heavy atom. The number of anilines is 1. The normalized spacial score (nSPS) is 16.5. The molecule has 1 aliphatic rings. The van der Waals surface area contributed by atoms with Gasteiger partial charge in [-0.15, -0.1) is 0 Å². The van der Waals surface area contributed by atoms with Crippen LogP contribution in [0.5, 0.6) is 0 Å². The molecule has 0 saturated carbocycles. The quantitative estimate of drug-likeness (QED) is 0.831. The van der Waals surface area contributed by atoms with Crippen molar-refractivity contribution < 1.29 is 12.8 Å². The molecule has 1 aromatic carbocycles. The van der Waals surface area contributed by atoms with Gasteiger partial charge >= 0.3 is 0 Å². The van der Waals surface area contributed by atoms with Gasteiger partial charge in [-0.2, -0.15) is 4.31 Å². The highest BCUT2D eigenvalue weighted by atomic mass is 32.2. The fraction of sp³-hybridized carbons (Fsp3) is 0.389. The van der Waals surface area contributed by atoms with Crippen LogP contribution in [0.1, 0.15) is 5.56 Å². The predicted octanol–water partition coefficient (Wildman–Crippen LogP) is 1.81. The van der Waals surface area contributed by atoms with E-state index in [2.05, 4.69) is 15.2 Å². The van der Waals surface area contributed by atoms with Crippen molar-refractivity contribution in [2.24, 2.45) is 0 Å². The first kappa shape index (κ1) is 18.8. The summed E-state index contributed by atoms with van der Waals surface area (Å²) in [7, 11) is -1.51. The zero-order chi connectivity index (χ0) is 18.6. The smallest absolute Gasteiger partial charge is 0.244 e. The molecule has 0 amide bonds.